The van der Waals surface area contributed by atoms with Gasteiger partial charge >= 0.3 is 5.97 Å². The maximum Gasteiger partial charge on any atom is 0.348 e. The number of rotatable bonds is 3. The number of fused-ring (bicyclic) bond motifs is 1. The van der Waals surface area contributed by atoms with Crippen molar-refractivity contribution < 1.29 is 9.53 Å². The molecule has 0 unspecified atom stereocenters. The predicted molar refractivity (Wildman–Crippen MR) is 88.6 cm³/mol. The van der Waals surface area contributed by atoms with E-state index >= 15 is 0 Å². The first-order valence-electron chi connectivity index (χ1n) is 7.72. The van der Waals surface area contributed by atoms with Gasteiger partial charge in [-0.1, -0.05) is 20.8 Å². The number of nitrogens with zero attached hydrogens (tertiary/aromatic N) is 2. The maximum atomic E-state index is 12.3. The van der Waals surface area contributed by atoms with Gasteiger partial charge in [0.15, 0.2) is 0 Å². The Kier molecular flexibility index (Phi) is 3.71. The molecule has 4 nitrogen and oxygen atoms in total. The van der Waals surface area contributed by atoms with Crippen LogP contribution in [-0.2, 0) is 10.2 Å². The summed E-state index contributed by atoms with van der Waals surface area (Å²) in [5.41, 5.74) is 1.77. The molecular weight excluding hydrogens is 296 g/mol. The minimum Gasteiger partial charge on any atom is -0.461 e. The average Bonchev–Trinajstić information content (AvgIpc) is 3.18. The Labute approximate surface area is 134 Å². The Hall–Kier alpha value is -1.49. The molecule has 1 aliphatic carbocycles. The lowest BCUT2D eigenvalue weighted by Crippen LogP contribution is -2.16. The monoisotopic (exact) mass is 318 g/mol. The van der Waals surface area contributed by atoms with E-state index in [2.05, 4.69) is 30.7 Å². The first-order valence-corrected chi connectivity index (χ1v) is 8.54. The number of carbonyl (C=O) groups excluding carboxylic acids is 1. The highest BCUT2D eigenvalue weighted by Gasteiger charge is 2.26. The van der Waals surface area contributed by atoms with E-state index in [1.54, 1.807) is 0 Å². The van der Waals surface area contributed by atoms with Crippen LogP contribution in [0.2, 0.25) is 0 Å². The average molecular weight is 318 g/mol. The fourth-order valence-corrected chi connectivity index (χ4v) is 3.54. The van der Waals surface area contributed by atoms with Crippen LogP contribution in [0.3, 0.4) is 0 Å². The van der Waals surface area contributed by atoms with E-state index in [4.69, 9.17) is 4.74 Å². The second-order valence-electron chi connectivity index (χ2n) is 7.16. The Morgan fingerprint density at radius 1 is 1.27 bits per heavy atom. The van der Waals surface area contributed by atoms with E-state index in [1.807, 2.05) is 13.8 Å². The van der Waals surface area contributed by atoms with Crippen LogP contribution in [0.25, 0.3) is 10.2 Å². The molecule has 0 aromatic carbocycles. The molecule has 0 bridgehead atoms. The van der Waals surface area contributed by atoms with Gasteiger partial charge in [0.2, 0.25) is 0 Å². The van der Waals surface area contributed by atoms with Crippen LogP contribution in [-0.4, -0.2) is 22.5 Å². The quantitative estimate of drug-likeness (QED) is 0.797. The van der Waals surface area contributed by atoms with Crippen LogP contribution in [0.1, 0.15) is 60.4 Å². The topological polar surface area (TPSA) is 52.1 Å². The lowest BCUT2D eigenvalue weighted by atomic mass is 9.95. The van der Waals surface area contributed by atoms with Gasteiger partial charge in [0.25, 0.3) is 0 Å². The molecule has 22 heavy (non-hydrogen) atoms. The number of hydrogen-bond donors (Lipinski definition) is 0. The molecule has 2 heterocycles. The van der Waals surface area contributed by atoms with Crippen molar-refractivity contribution in [1.29, 1.82) is 0 Å². The number of aromatic nitrogens is 2. The van der Waals surface area contributed by atoms with Gasteiger partial charge < -0.3 is 4.74 Å². The van der Waals surface area contributed by atoms with Gasteiger partial charge in [-0.25, -0.2) is 14.8 Å². The molecule has 0 radical (unpaired) electrons. The Morgan fingerprint density at radius 2 is 1.95 bits per heavy atom. The third-order valence-corrected chi connectivity index (χ3v) is 5.14. The van der Waals surface area contributed by atoms with Gasteiger partial charge in [-0.3, -0.25) is 0 Å². The SMILES string of the molecule is Cc1nc(C(C)(C)C)nc2sc(C(=O)OCC3CC3)c(C)c12. The first-order chi connectivity index (χ1) is 10.3. The first kappa shape index (κ1) is 15.4. The van der Waals surface area contributed by atoms with E-state index in [1.165, 1.54) is 24.2 Å². The fourth-order valence-electron chi connectivity index (χ4n) is 2.41. The normalized spacial score (nSPS) is 15.3. The molecule has 1 saturated carbocycles. The zero-order valence-corrected chi connectivity index (χ0v) is 14.6. The molecule has 5 heteroatoms. The van der Waals surface area contributed by atoms with Gasteiger partial charge in [0.05, 0.1) is 12.3 Å². The van der Waals surface area contributed by atoms with Crippen molar-refractivity contribution in [3.8, 4) is 0 Å². The fraction of sp³-hybridized carbons (Fsp3) is 0.588. The summed E-state index contributed by atoms with van der Waals surface area (Å²) >= 11 is 1.42. The van der Waals surface area contributed by atoms with Gasteiger partial charge in [-0.2, -0.15) is 0 Å². The van der Waals surface area contributed by atoms with Gasteiger partial charge in [-0.05, 0) is 38.2 Å². The Morgan fingerprint density at radius 3 is 2.55 bits per heavy atom. The number of esters is 1. The van der Waals surface area contributed by atoms with Gasteiger partial charge in [-0.15, -0.1) is 11.3 Å². The van der Waals surface area contributed by atoms with Crippen molar-refractivity contribution in [3.05, 3.63) is 22.0 Å². The third-order valence-electron chi connectivity index (χ3n) is 3.97. The molecule has 2 aromatic rings. The molecule has 1 aliphatic rings. The van der Waals surface area contributed by atoms with Crippen molar-refractivity contribution in [2.45, 2.75) is 52.9 Å². The molecule has 0 spiro atoms. The summed E-state index contributed by atoms with van der Waals surface area (Å²) in [4.78, 5) is 23.2. The minimum absolute atomic E-state index is 0.108. The van der Waals surface area contributed by atoms with Crippen LogP contribution in [0.5, 0.6) is 0 Å². The van der Waals surface area contributed by atoms with Crippen molar-refractivity contribution in [2.75, 3.05) is 6.61 Å². The third kappa shape index (κ3) is 2.86. The van der Waals surface area contributed by atoms with Crippen LogP contribution in [0, 0.1) is 19.8 Å². The standard InChI is InChI=1S/C17H22N2O2S/c1-9-12-10(2)18-16(17(3,4)5)19-14(12)22-13(9)15(20)21-8-11-6-7-11/h11H,6-8H2,1-5H3. The number of carbonyl (C=O) groups is 1. The molecule has 0 saturated heterocycles. The van der Waals surface area contributed by atoms with E-state index in [0.29, 0.717) is 17.4 Å². The van der Waals surface area contributed by atoms with E-state index in [-0.39, 0.29) is 11.4 Å². The van der Waals surface area contributed by atoms with Crippen molar-refractivity contribution in [1.82, 2.24) is 9.97 Å². The van der Waals surface area contributed by atoms with Crippen LogP contribution >= 0.6 is 11.3 Å². The number of thiophene rings is 1. The molecule has 2 aromatic heterocycles. The Bertz CT molecular complexity index is 739. The maximum absolute atomic E-state index is 12.3. The molecule has 118 valence electrons. The molecule has 0 amide bonds. The Balaban J connectivity index is 2.00. The highest BCUT2D eigenvalue weighted by Crippen LogP contribution is 2.34. The van der Waals surface area contributed by atoms with E-state index in [0.717, 1.165) is 27.3 Å². The highest BCUT2D eigenvalue weighted by atomic mass is 32.1. The van der Waals surface area contributed by atoms with Gasteiger partial charge in [0, 0.05) is 10.8 Å². The van der Waals surface area contributed by atoms with Crippen LogP contribution in [0.15, 0.2) is 0 Å². The number of ether oxygens (including phenoxy) is 1. The van der Waals surface area contributed by atoms with Crippen molar-refractivity contribution >= 4 is 27.5 Å². The summed E-state index contributed by atoms with van der Waals surface area (Å²) in [6.07, 6.45) is 2.36. The van der Waals surface area contributed by atoms with E-state index in [9.17, 15) is 4.79 Å². The number of hydrogen-bond acceptors (Lipinski definition) is 5. The second kappa shape index (κ2) is 5.30. The molecule has 1 fully saturated rings. The molecule has 0 atom stereocenters. The number of aryl methyl sites for hydroxylation is 2. The lowest BCUT2D eigenvalue weighted by molar-refractivity contribution is 0.0491. The largest absolute Gasteiger partial charge is 0.461 e. The zero-order chi connectivity index (χ0) is 16.1. The zero-order valence-electron chi connectivity index (χ0n) is 13.8. The summed E-state index contributed by atoms with van der Waals surface area (Å²) in [5.74, 6) is 1.17. The lowest BCUT2D eigenvalue weighted by Gasteiger charge is -2.16. The molecule has 0 N–H and O–H groups in total. The molecule has 0 aliphatic heterocycles. The molecule has 3 rings (SSSR count). The summed E-state index contributed by atoms with van der Waals surface area (Å²) < 4.78 is 5.42. The summed E-state index contributed by atoms with van der Waals surface area (Å²) in [6, 6.07) is 0. The predicted octanol–water partition coefficient (Wildman–Crippen LogP) is 4.17. The second-order valence-corrected chi connectivity index (χ2v) is 8.16. The molecular formula is C17H22N2O2S. The van der Waals surface area contributed by atoms with Crippen LogP contribution in [0.4, 0.5) is 0 Å². The smallest absolute Gasteiger partial charge is 0.348 e. The minimum atomic E-state index is -0.218. The highest BCUT2D eigenvalue weighted by molar-refractivity contribution is 7.20. The summed E-state index contributed by atoms with van der Waals surface area (Å²) in [7, 11) is 0. The van der Waals surface area contributed by atoms with E-state index < -0.39 is 0 Å². The summed E-state index contributed by atoms with van der Waals surface area (Å²) in [6.45, 7) is 10.8. The van der Waals surface area contributed by atoms with Crippen LogP contribution < -0.4 is 0 Å². The van der Waals surface area contributed by atoms with Crippen molar-refractivity contribution in [3.63, 3.8) is 0 Å². The van der Waals surface area contributed by atoms with Crippen molar-refractivity contribution in [2.24, 2.45) is 5.92 Å². The van der Waals surface area contributed by atoms with Gasteiger partial charge in [0.1, 0.15) is 15.5 Å². The summed E-state index contributed by atoms with van der Waals surface area (Å²) in [5, 5.41) is 0.997.